The van der Waals surface area contributed by atoms with Gasteiger partial charge in [-0.3, -0.25) is 0 Å². The average Bonchev–Trinajstić information content (AvgIpc) is 2.14. The van der Waals surface area contributed by atoms with Gasteiger partial charge in [0.05, 0.1) is 6.04 Å². The minimum Gasteiger partial charge on any atom is -0.209 e. The van der Waals surface area contributed by atoms with E-state index in [1.807, 2.05) is 6.08 Å². The van der Waals surface area contributed by atoms with Crippen LogP contribution in [0.5, 0.6) is 0 Å². The summed E-state index contributed by atoms with van der Waals surface area (Å²) in [5, 5.41) is 3.35. The minimum atomic E-state index is 0.208. The molecule has 0 aromatic rings. The predicted octanol–water partition coefficient (Wildman–Crippen LogP) is 1.74. The van der Waals surface area contributed by atoms with Crippen LogP contribution in [0.1, 0.15) is 12.8 Å². The number of hydrogen-bond acceptors (Lipinski definition) is 2. The van der Waals surface area contributed by atoms with Gasteiger partial charge in [-0.15, -0.1) is 0 Å². The zero-order valence-electron chi connectivity index (χ0n) is 4.09. The summed E-state index contributed by atoms with van der Waals surface area (Å²) in [6, 6.07) is 0.208. The summed E-state index contributed by atoms with van der Waals surface area (Å²) in [5.41, 5.74) is 6.57. The van der Waals surface area contributed by atoms with Crippen LogP contribution in [0, 0.1) is 5.53 Å². The third kappa shape index (κ3) is 0.856. The van der Waals surface area contributed by atoms with Crippen LogP contribution in [0.4, 0.5) is 0 Å². The highest BCUT2D eigenvalue weighted by molar-refractivity contribution is 4.99. The van der Waals surface area contributed by atoms with Gasteiger partial charge in [0.1, 0.15) is 0 Å². The Morgan fingerprint density at radius 1 is 1.71 bits per heavy atom. The molecule has 1 aliphatic rings. The topological polar surface area (TPSA) is 36.2 Å². The highest BCUT2D eigenvalue weighted by atomic mass is 15.0. The predicted molar refractivity (Wildman–Crippen MR) is 27.3 cm³/mol. The molecular weight excluding hydrogens is 88.1 g/mol. The van der Waals surface area contributed by atoms with E-state index in [1.54, 1.807) is 0 Å². The van der Waals surface area contributed by atoms with Crippen molar-refractivity contribution in [3.8, 4) is 0 Å². The third-order valence-corrected chi connectivity index (χ3v) is 1.15. The Bertz CT molecular complexity index is 96.3. The molecule has 0 aromatic carbocycles. The maximum Gasteiger partial charge on any atom is 0.0889 e. The van der Waals surface area contributed by atoms with Crippen molar-refractivity contribution in [3.63, 3.8) is 0 Å². The van der Waals surface area contributed by atoms with Gasteiger partial charge in [0.15, 0.2) is 0 Å². The molecule has 1 rings (SSSR count). The van der Waals surface area contributed by atoms with Crippen LogP contribution in [0.3, 0.4) is 0 Å². The van der Waals surface area contributed by atoms with Crippen molar-refractivity contribution in [2.24, 2.45) is 5.11 Å². The number of nitrogens with zero attached hydrogens (tertiary/aromatic N) is 1. The number of hydrogen-bond donors (Lipinski definition) is 1. The molecule has 0 unspecified atom stereocenters. The minimum absolute atomic E-state index is 0.208. The Labute approximate surface area is 42.7 Å². The van der Waals surface area contributed by atoms with Crippen molar-refractivity contribution in [3.05, 3.63) is 12.2 Å². The van der Waals surface area contributed by atoms with E-state index < -0.39 is 0 Å². The van der Waals surface area contributed by atoms with Gasteiger partial charge in [0, 0.05) is 0 Å². The number of allylic oxidation sites excluding steroid dienone is 1. The van der Waals surface area contributed by atoms with E-state index in [0.717, 1.165) is 12.8 Å². The molecule has 1 N–H and O–H groups in total. The van der Waals surface area contributed by atoms with Crippen LogP contribution in [0.15, 0.2) is 17.3 Å². The summed E-state index contributed by atoms with van der Waals surface area (Å²) >= 11 is 0. The quantitative estimate of drug-likeness (QED) is 0.381. The van der Waals surface area contributed by atoms with E-state index >= 15 is 0 Å². The van der Waals surface area contributed by atoms with E-state index in [4.69, 9.17) is 5.53 Å². The lowest BCUT2D eigenvalue weighted by molar-refractivity contribution is 0.719. The van der Waals surface area contributed by atoms with E-state index in [0.29, 0.717) is 0 Å². The van der Waals surface area contributed by atoms with Crippen LogP contribution < -0.4 is 0 Å². The highest BCUT2D eigenvalue weighted by Crippen LogP contribution is 2.11. The lowest BCUT2D eigenvalue weighted by Crippen LogP contribution is -1.89. The molecule has 0 saturated carbocycles. The first-order valence-corrected chi connectivity index (χ1v) is 2.46. The first-order chi connectivity index (χ1) is 3.43. The van der Waals surface area contributed by atoms with E-state index in [1.165, 1.54) is 0 Å². The van der Waals surface area contributed by atoms with Crippen LogP contribution >= 0.6 is 0 Å². The molecule has 0 saturated heterocycles. The fourth-order valence-corrected chi connectivity index (χ4v) is 0.724. The molecule has 38 valence electrons. The van der Waals surface area contributed by atoms with Gasteiger partial charge in [0.25, 0.3) is 0 Å². The van der Waals surface area contributed by atoms with E-state index in [2.05, 4.69) is 11.2 Å². The SMILES string of the molecule is N=N[C@H]1C=CCC1. The Hall–Kier alpha value is -0.660. The third-order valence-electron chi connectivity index (χ3n) is 1.15. The van der Waals surface area contributed by atoms with Gasteiger partial charge in [-0.1, -0.05) is 12.2 Å². The molecule has 1 atom stereocenters. The lowest BCUT2D eigenvalue weighted by atomic mass is 10.3. The average molecular weight is 96.1 g/mol. The largest absolute Gasteiger partial charge is 0.209 e. The standard InChI is InChI=1S/C5H8N2/c6-7-5-3-1-2-4-5/h1,3,5-6H,2,4H2/t5-/m0/s1. The van der Waals surface area contributed by atoms with Crippen molar-refractivity contribution in [2.45, 2.75) is 18.9 Å². The van der Waals surface area contributed by atoms with Crippen molar-refractivity contribution in [1.29, 1.82) is 5.53 Å². The van der Waals surface area contributed by atoms with Crippen molar-refractivity contribution in [1.82, 2.24) is 0 Å². The van der Waals surface area contributed by atoms with Gasteiger partial charge in [-0.25, -0.2) is 5.53 Å². The Morgan fingerprint density at radius 3 is 2.86 bits per heavy atom. The molecular formula is C5H8N2. The van der Waals surface area contributed by atoms with Crippen LogP contribution in [0.2, 0.25) is 0 Å². The summed E-state index contributed by atoms with van der Waals surface area (Å²) in [6.07, 6.45) is 6.20. The smallest absolute Gasteiger partial charge is 0.0889 e. The molecule has 0 spiro atoms. The van der Waals surface area contributed by atoms with Crippen LogP contribution in [-0.4, -0.2) is 6.04 Å². The molecule has 0 fully saturated rings. The molecule has 7 heavy (non-hydrogen) atoms. The van der Waals surface area contributed by atoms with Crippen LogP contribution in [-0.2, 0) is 0 Å². The monoisotopic (exact) mass is 96.1 g/mol. The lowest BCUT2D eigenvalue weighted by Gasteiger charge is -1.90. The molecule has 2 nitrogen and oxygen atoms in total. The highest BCUT2D eigenvalue weighted by Gasteiger charge is 2.04. The maximum absolute atomic E-state index is 6.57. The molecule has 1 aliphatic carbocycles. The normalized spacial score (nSPS) is 28.3. The Morgan fingerprint density at radius 2 is 2.57 bits per heavy atom. The Kier molecular flexibility index (Phi) is 1.20. The zero-order chi connectivity index (χ0) is 5.11. The summed E-state index contributed by atoms with van der Waals surface area (Å²) in [6.45, 7) is 0. The van der Waals surface area contributed by atoms with E-state index in [-0.39, 0.29) is 6.04 Å². The zero-order valence-corrected chi connectivity index (χ0v) is 4.09. The van der Waals surface area contributed by atoms with Gasteiger partial charge in [0.2, 0.25) is 0 Å². The molecule has 0 bridgehead atoms. The Balaban J connectivity index is 2.42. The summed E-state index contributed by atoms with van der Waals surface area (Å²) in [7, 11) is 0. The van der Waals surface area contributed by atoms with Gasteiger partial charge >= 0.3 is 0 Å². The first-order valence-electron chi connectivity index (χ1n) is 2.46. The number of rotatable bonds is 1. The van der Waals surface area contributed by atoms with Crippen molar-refractivity contribution in [2.75, 3.05) is 0 Å². The molecule has 0 aromatic heterocycles. The van der Waals surface area contributed by atoms with Gasteiger partial charge in [-0.05, 0) is 12.8 Å². The molecule has 0 heterocycles. The second-order valence-corrected chi connectivity index (χ2v) is 1.70. The maximum atomic E-state index is 6.57. The second-order valence-electron chi connectivity index (χ2n) is 1.70. The summed E-state index contributed by atoms with van der Waals surface area (Å²) in [5.74, 6) is 0. The number of nitrogens with one attached hydrogen (secondary N) is 1. The van der Waals surface area contributed by atoms with Crippen LogP contribution in [0.25, 0.3) is 0 Å². The summed E-state index contributed by atoms with van der Waals surface area (Å²) in [4.78, 5) is 0. The van der Waals surface area contributed by atoms with Gasteiger partial charge in [-0.2, -0.15) is 5.11 Å². The molecule has 0 radical (unpaired) electrons. The fraction of sp³-hybridized carbons (Fsp3) is 0.600. The second kappa shape index (κ2) is 1.87. The van der Waals surface area contributed by atoms with Crippen molar-refractivity contribution < 1.29 is 0 Å². The van der Waals surface area contributed by atoms with E-state index in [9.17, 15) is 0 Å². The fourth-order valence-electron chi connectivity index (χ4n) is 0.724. The molecule has 0 aliphatic heterocycles. The van der Waals surface area contributed by atoms with Gasteiger partial charge < -0.3 is 0 Å². The van der Waals surface area contributed by atoms with Crippen molar-refractivity contribution >= 4 is 0 Å². The molecule has 2 heteroatoms. The molecule has 0 amide bonds. The first kappa shape index (κ1) is 4.50. The summed E-state index contributed by atoms with van der Waals surface area (Å²) < 4.78 is 0.